The van der Waals surface area contributed by atoms with Crippen molar-refractivity contribution in [2.24, 2.45) is 0 Å². The summed E-state index contributed by atoms with van der Waals surface area (Å²) in [6, 6.07) is 0. The van der Waals surface area contributed by atoms with E-state index in [0.29, 0.717) is 6.54 Å². The molecule has 0 aromatic carbocycles. The van der Waals surface area contributed by atoms with Gasteiger partial charge in [0.15, 0.2) is 0 Å². The Morgan fingerprint density at radius 3 is 2.09 bits per heavy atom. The van der Waals surface area contributed by atoms with Gasteiger partial charge < -0.3 is 24.7 Å². The van der Waals surface area contributed by atoms with Gasteiger partial charge in [0.05, 0.1) is 18.6 Å². The molecule has 0 aliphatic carbocycles. The first-order valence-electron chi connectivity index (χ1n) is 10.5. The Bertz CT molecular complexity index is 809. The van der Waals surface area contributed by atoms with Gasteiger partial charge in [0.25, 0.3) is 0 Å². The smallest absolute Gasteiger partial charge is 0.419 e. The Balaban J connectivity index is 3.33. The fourth-order valence-corrected chi connectivity index (χ4v) is 2.99. The molecule has 1 aromatic rings. The maximum atomic E-state index is 13.9. The highest BCUT2D eigenvalue weighted by molar-refractivity contribution is 6.00. The van der Waals surface area contributed by atoms with Crippen molar-refractivity contribution >= 4 is 17.8 Å². The maximum Gasteiger partial charge on any atom is 0.419 e. The molecule has 0 radical (unpaired) electrons. The third-order valence-electron chi connectivity index (χ3n) is 4.43. The summed E-state index contributed by atoms with van der Waals surface area (Å²) in [6.07, 6.45) is -5.64. The summed E-state index contributed by atoms with van der Waals surface area (Å²) in [6.45, 7) is 12.1. The van der Waals surface area contributed by atoms with E-state index >= 15 is 0 Å². The number of likely N-dealkylation sites (N-methyl/N-ethyl adjacent to an activating group) is 1. The van der Waals surface area contributed by atoms with Crippen LogP contribution in [0.4, 0.5) is 13.2 Å². The molecular formula is C21H32F3N3O5. The first-order valence-corrected chi connectivity index (χ1v) is 10.5. The third kappa shape index (κ3) is 7.85. The number of carbonyl (C=O) groups excluding carboxylic acids is 3. The predicted octanol–water partition coefficient (Wildman–Crippen LogP) is 3.17. The Morgan fingerprint density at radius 2 is 1.62 bits per heavy atom. The second-order valence-corrected chi connectivity index (χ2v) is 8.00. The van der Waals surface area contributed by atoms with E-state index < -0.39 is 52.9 Å². The quantitative estimate of drug-likeness (QED) is 0.517. The largest absolute Gasteiger partial charge is 0.462 e. The molecule has 0 unspecified atom stereocenters. The monoisotopic (exact) mass is 463 g/mol. The third-order valence-corrected chi connectivity index (χ3v) is 4.43. The van der Waals surface area contributed by atoms with E-state index in [0.717, 1.165) is 13.1 Å². The molecule has 1 amide bonds. The van der Waals surface area contributed by atoms with Crippen LogP contribution in [0.2, 0.25) is 0 Å². The van der Waals surface area contributed by atoms with E-state index in [9.17, 15) is 27.6 Å². The van der Waals surface area contributed by atoms with Gasteiger partial charge in [-0.3, -0.25) is 4.79 Å². The SMILES string of the molecule is CCOC(=O)c1c(CC(=O)NCCN(CC)CC)[nH]c(C(=O)OC(C)(C)C)c1C(F)(F)F. The summed E-state index contributed by atoms with van der Waals surface area (Å²) in [5.74, 6) is -3.17. The molecule has 0 bridgehead atoms. The minimum absolute atomic E-state index is 0.182. The number of H-pyrrole nitrogens is 1. The Labute approximate surface area is 185 Å². The molecule has 182 valence electrons. The Hall–Kier alpha value is -2.56. The number of carbonyl (C=O) groups is 3. The van der Waals surface area contributed by atoms with Crippen LogP contribution in [-0.4, -0.2) is 66.1 Å². The van der Waals surface area contributed by atoms with Gasteiger partial charge in [-0.05, 0) is 40.8 Å². The zero-order valence-corrected chi connectivity index (χ0v) is 19.4. The minimum atomic E-state index is -5.07. The summed E-state index contributed by atoms with van der Waals surface area (Å²) >= 11 is 0. The number of aromatic amines is 1. The van der Waals surface area contributed by atoms with Crippen molar-refractivity contribution in [3.05, 3.63) is 22.5 Å². The maximum absolute atomic E-state index is 13.9. The van der Waals surface area contributed by atoms with Crippen LogP contribution in [0.1, 0.15) is 73.6 Å². The van der Waals surface area contributed by atoms with Crippen molar-refractivity contribution in [3.8, 4) is 0 Å². The average molecular weight is 463 g/mol. The lowest BCUT2D eigenvalue weighted by Gasteiger charge is -2.20. The second kappa shape index (κ2) is 11.3. The number of ether oxygens (including phenoxy) is 2. The van der Waals surface area contributed by atoms with Crippen LogP contribution in [-0.2, 0) is 26.9 Å². The highest BCUT2D eigenvalue weighted by Gasteiger charge is 2.44. The topological polar surface area (TPSA) is 101 Å². The van der Waals surface area contributed by atoms with Gasteiger partial charge in [-0.2, -0.15) is 13.2 Å². The minimum Gasteiger partial charge on any atom is -0.462 e. The lowest BCUT2D eigenvalue weighted by Crippen LogP contribution is -2.35. The molecule has 0 aliphatic heterocycles. The molecule has 0 atom stereocenters. The van der Waals surface area contributed by atoms with Crippen LogP contribution >= 0.6 is 0 Å². The molecule has 8 nitrogen and oxygen atoms in total. The van der Waals surface area contributed by atoms with Gasteiger partial charge >= 0.3 is 18.1 Å². The highest BCUT2D eigenvalue weighted by atomic mass is 19.4. The molecule has 0 saturated heterocycles. The van der Waals surface area contributed by atoms with E-state index in [1.54, 1.807) is 0 Å². The molecule has 0 spiro atoms. The summed E-state index contributed by atoms with van der Waals surface area (Å²) in [7, 11) is 0. The summed E-state index contributed by atoms with van der Waals surface area (Å²) < 4.78 is 51.5. The van der Waals surface area contributed by atoms with Crippen molar-refractivity contribution in [1.82, 2.24) is 15.2 Å². The van der Waals surface area contributed by atoms with E-state index in [2.05, 4.69) is 15.2 Å². The average Bonchev–Trinajstić information content (AvgIpc) is 3.04. The number of halogens is 3. The fraction of sp³-hybridized carbons (Fsp3) is 0.667. The summed E-state index contributed by atoms with van der Waals surface area (Å²) in [5.41, 5.74) is -4.77. The molecule has 1 heterocycles. The fourth-order valence-electron chi connectivity index (χ4n) is 2.99. The van der Waals surface area contributed by atoms with Gasteiger partial charge in [-0.1, -0.05) is 13.8 Å². The van der Waals surface area contributed by atoms with Crippen LogP contribution in [0.25, 0.3) is 0 Å². The van der Waals surface area contributed by atoms with Crippen molar-refractivity contribution in [3.63, 3.8) is 0 Å². The number of nitrogens with one attached hydrogen (secondary N) is 2. The molecule has 0 saturated carbocycles. The van der Waals surface area contributed by atoms with Gasteiger partial charge in [-0.15, -0.1) is 0 Å². The first kappa shape index (κ1) is 27.5. The summed E-state index contributed by atoms with van der Waals surface area (Å²) in [4.78, 5) is 41.6. The first-order chi connectivity index (χ1) is 14.7. The molecule has 32 heavy (non-hydrogen) atoms. The molecule has 0 aliphatic rings. The molecule has 11 heteroatoms. The number of hydrogen-bond acceptors (Lipinski definition) is 6. The van der Waals surface area contributed by atoms with Crippen LogP contribution < -0.4 is 5.32 Å². The lowest BCUT2D eigenvalue weighted by atomic mass is 10.1. The Morgan fingerprint density at radius 1 is 1.03 bits per heavy atom. The van der Waals surface area contributed by atoms with Gasteiger partial charge in [-0.25, -0.2) is 9.59 Å². The van der Waals surface area contributed by atoms with Crippen LogP contribution in [0.3, 0.4) is 0 Å². The molecule has 0 fully saturated rings. The molecule has 1 rings (SSSR count). The van der Waals surface area contributed by atoms with Gasteiger partial charge in [0.1, 0.15) is 16.9 Å². The van der Waals surface area contributed by atoms with E-state index in [4.69, 9.17) is 9.47 Å². The van der Waals surface area contributed by atoms with Crippen molar-refractivity contribution in [2.75, 3.05) is 32.8 Å². The number of amides is 1. The summed E-state index contributed by atoms with van der Waals surface area (Å²) in [5, 5.41) is 2.61. The van der Waals surface area contributed by atoms with Gasteiger partial charge in [0, 0.05) is 18.8 Å². The van der Waals surface area contributed by atoms with Crippen molar-refractivity contribution in [1.29, 1.82) is 0 Å². The standard InChI is InChI=1S/C21H32F3N3O5/c1-7-27(8-2)11-10-25-14(28)12-13-15(18(29)31-9-3)16(21(22,23)24)17(26-13)19(30)32-20(4,5)6/h26H,7-12H2,1-6H3,(H,25,28). The molecular weight excluding hydrogens is 431 g/mol. The number of rotatable bonds is 10. The normalized spacial score (nSPS) is 12.1. The van der Waals surface area contributed by atoms with E-state index in [1.165, 1.54) is 27.7 Å². The Kier molecular flexibility index (Phi) is 9.74. The molecule has 2 N–H and O–H groups in total. The number of alkyl halides is 3. The van der Waals surface area contributed by atoms with Crippen LogP contribution in [0.15, 0.2) is 0 Å². The number of aromatic nitrogens is 1. The second-order valence-electron chi connectivity index (χ2n) is 8.00. The number of esters is 2. The number of hydrogen-bond donors (Lipinski definition) is 2. The predicted molar refractivity (Wildman–Crippen MR) is 111 cm³/mol. The highest BCUT2D eigenvalue weighted by Crippen LogP contribution is 2.38. The zero-order chi connectivity index (χ0) is 24.7. The lowest BCUT2D eigenvalue weighted by molar-refractivity contribution is -0.138. The van der Waals surface area contributed by atoms with Gasteiger partial charge in [0.2, 0.25) is 5.91 Å². The van der Waals surface area contributed by atoms with E-state index in [-0.39, 0.29) is 18.8 Å². The molecule has 1 aromatic heterocycles. The van der Waals surface area contributed by atoms with Crippen molar-refractivity contribution in [2.45, 2.75) is 59.7 Å². The van der Waals surface area contributed by atoms with Crippen molar-refractivity contribution < 1.29 is 37.0 Å². The zero-order valence-electron chi connectivity index (χ0n) is 19.4. The number of nitrogens with zero attached hydrogens (tertiary/aromatic N) is 1. The van der Waals surface area contributed by atoms with Crippen LogP contribution in [0, 0.1) is 0 Å². The van der Waals surface area contributed by atoms with Crippen LogP contribution in [0.5, 0.6) is 0 Å². The van der Waals surface area contributed by atoms with E-state index in [1.807, 2.05) is 13.8 Å².